The summed E-state index contributed by atoms with van der Waals surface area (Å²) in [6.07, 6.45) is 2.62. The van der Waals surface area contributed by atoms with Crippen LogP contribution in [0.1, 0.15) is 79.9 Å². The number of amides is 2. The summed E-state index contributed by atoms with van der Waals surface area (Å²) < 4.78 is 0. The summed E-state index contributed by atoms with van der Waals surface area (Å²) in [6, 6.07) is 19.0. The maximum atomic E-state index is 13.4. The lowest BCUT2D eigenvalue weighted by Crippen LogP contribution is -2.59. The van der Waals surface area contributed by atoms with Crippen molar-refractivity contribution in [3.05, 3.63) is 76.2 Å². The highest BCUT2D eigenvalue weighted by molar-refractivity contribution is 7.15. The standard InChI is InChI=1S/C36H48N4O2S/c1-23(2)34(24(3)4)36(42)40-20-30(21-40)38-29-13-12-25(5)32(19-29)35(41)37-26(6)27-10-9-11-28(18-27)33-15-14-31(43-33)22-39-16-7-8-17-39/h9-15,18-19,23-24,26,30,34,38H,7-8,16-17,20-22H2,1-6H3,(H,37,41). The zero-order valence-corrected chi connectivity index (χ0v) is 27.5. The number of rotatable bonds is 11. The minimum Gasteiger partial charge on any atom is -0.379 e. The van der Waals surface area contributed by atoms with E-state index in [1.807, 2.05) is 48.3 Å². The molecule has 0 radical (unpaired) electrons. The summed E-state index contributed by atoms with van der Waals surface area (Å²) >= 11 is 1.87. The van der Waals surface area contributed by atoms with Gasteiger partial charge in [0.15, 0.2) is 0 Å². The summed E-state index contributed by atoms with van der Waals surface area (Å²) in [6.45, 7) is 17.4. The summed E-state index contributed by atoms with van der Waals surface area (Å²) in [5, 5.41) is 6.77. The van der Waals surface area contributed by atoms with Crippen LogP contribution in [0.5, 0.6) is 0 Å². The number of likely N-dealkylation sites (tertiary alicyclic amines) is 2. The van der Waals surface area contributed by atoms with Gasteiger partial charge in [-0.3, -0.25) is 14.5 Å². The summed E-state index contributed by atoms with van der Waals surface area (Å²) in [4.78, 5) is 33.6. The molecule has 0 aliphatic carbocycles. The first-order chi connectivity index (χ1) is 20.6. The van der Waals surface area contributed by atoms with Crippen molar-refractivity contribution in [1.82, 2.24) is 15.1 Å². The van der Waals surface area contributed by atoms with Crippen LogP contribution in [-0.4, -0.2) is 53.8 Å². The van der Waals surface area contributed by atoms with Crippen LogP contribution in [0.25, 0.3) is 10.4 Å². The predicted octanol–water partition coefficient (Wildman–Crippen LogP) is 7.36. The van der Waals surface area contributed by atoms with Crippen molar-refractivity contribution in [2.45, 2.75) is 73.0 Å². The van der Waals surface area contributed by atoms with Crippen LogP contribution in [0.15, 0.2) is 54.6 Å². The lowest BCUT2D eigenvalue weighted by Gasteiger charge is -2.43. The third kappa shape index (κ3) is 7.50. The third-order valence-electron chi connectivity index (χ3n) is 9.03. The van der Waals surface area contributed by atoms with E-state index in [-0.39, 0.29) is 29.8 Å². The Morgan fingerprint density at radius 2 is 1.65 bits per heavy atom. The number of nitrogens with zero attached hydrogens (tertiary/aromatic N) is 2. The first kappa shape index (κ1) is 31.3. The maximum Gasteiger partial charge on any atom is 0.252 e. The molecule has 2 fully saturated rings. The molecule has 3 aromatic rings. The molecule has 2 N–H and O–H groups in total. The number of hydrogen-bond acceptors (Lipinski definition) is 5. The molecule has 2 aromatic carbocycles. The molecular formula is C36H48N4O2S. The fraction of sp³-hybridized carbons (Fsp3) is 0.500. The highest BCUT2D eigenvalue weighted by Crippen LogP contribution is 2.32. The minimum absolute atomic E-state index is 0.0564. The van der Waals surface area contributed by atoms with E-state index in [1.54, 1.807) is 0 Å². The third-order valence-corrected chi connectivity index (χ3v) is 10.1. The van der Waals surface area contributed by atoms with Crippen LogP contribution in [0, 0.1) is 24.7 Å². The summed E-state index contributed by atoms with van der Waals surface area (Å²) in [7, 11) is 0. The zero-order valence-electron chi connectivity index (χ0n) is 26.7. The average molecular weight is 601 g/mol. The van der Waals surface area contributed by atoms with Crippen molar-refractivity contribution < 1.29 is 9.59 Å². The molecule has 1 unspecified atom stereocenters. The number of thiophene rings is 1. The van der Waals surface area contributed by atoms with Crippen molar-refractivity contribution >= 4 is 28.8 Å². The topological polar surface area (TPSA) is 64.7 Å². The molecule has 0 saturated carbocycles. The van der Waals surface area contributed by atoms with Gasteiger partial charge < -0.3 is 15.5 Å². The maximum absolute atomic E-state index is 13.4. The van der Waals surface area contributed by atoms with Gasteiger partial charge in [0.25, 0.3) is 5.91 Å². The van der Waals surface area contributed by atoms with E-state index in [1.165, 1.54) is 41.2 Å². The van der Waals surface area contributed by atoms with Crippen molar-refractivity contribution in [2.24, 2.45) is 17.8 Å². The molecule has 1 atom stereocenters. The molecule has 230 valence electrons. The van der Waals surface area contributed by atoms with E-state index in [9.17, 15) is 9.59 Å². The number of benzene rings is 2. The highest BCUT2D eigenvalue weighted by atomic mass is 32.1. The van der Waals surface area contributed by atoms with E-state index in [2.05, 4.69) is 79.6 Å². The normalized spacial score (nSPS) is 16.6. The van der Waals surface area contributed by atoms with Gasteiger partial charge in [0.2, 0.25) is 5.91 Å². The van der Waals surface area contributed by atoms with Gasteiger partial charge in [-0.15, -0.1) is 11.3 Å². The average Bonchev–Trinajstić information content (AvgIpc) is 3.63. The summed E-state index contributed by atoms with van der Waals surface area (Å²) in [5.74, 6) is 0.893. The van der Waals surface area contributed by atoms with Gasteiger partial charge in [0.05, 0.1) is 12.1 Å². The van der Waals surface area contributed by atoms with Crippen LogP contribution < -0.4 is 10.6 Å². The molecular weight excluding hydrogens is 552 g/mol. The van der Waals surface area contributed by atoms with Gasteiger partial charge in [-0.2, -0.15) is 0 Å². The molecule has 3 heterocycles. The van der Waals surface area contributed by atoms with Crippen LogP contribution in [0.4, 0.5) is 5.69 Å². The van der Waals surface area contributed by atoms with Crippen LogP contribution >= 0.6 is 11.3 Å². The molecule has 0 bridgehead atoms. The van der Waals surface area contributed by atoms with E-state index in [0.717, 1.165) is 23.4 Å². The molecule has 2 aliphatic rings. The Labute approximate surface area is 261 Å². The van der Waals surface area contributed by atoms with Crippen molar-refractivity contribution in [3.8, 4) is 10.4 Å². The first-order valence-corrected chi connectivity index (χ1v) is 16.8. The smallest absolute Gasteiger partial charge is 0.252 e. The van der Waals surface area contributed by atoms with Gasteiger partial charge in [0.1, 0.15) is 0 Å². The molecule has 43 heavy (non-hydrogen) atoms. The van der Waals surface area contributed by atoms with Crippen LogP contribution in [0.2, 0.25) is 0 Å². The Hall–Kier alpha value is -3.16. The minimum atomic E-state index is -0.131. The van der Waals surface area contributed by atoms with Crippen LogP contribution in [-0.2, 0) is 11.3 Å². The number of aryl methyl sites for hydroxylation is 1. The molecule has 1 aromatic heterocycles. The fourth-order valence-electron chi connectivity index (χ4n) is 6.59. The number of nitrogens with one attached hydrogen (secondary N) is 2. The van der Waals surface area contributed by atoms with Gasteiger partial charge in [0, 0.05) is 46.6 Å². The van der Waals surface area contributed by atoms with Crippen molar-refractivity contribution in [1.29, 1.82) is 0 Å². The lowest BCUT2D eigenvalue weighted by atomic mass is 9.83. The quantitative estimate of drug-likeness (QED) is 0.241. The van der Waals surface area contributed by atoms with Crippen molar-refractivity contribution in [3.63, 3.8) is 0 Å². The lowest BCUT2D eigenvalue weighted by molar-refractivity contribution is -0.142. The second-order valence-corrected chi connectivity index (χ2v) is 14.4. The van der Waals surface area contributed by atoms with Crippen molar-refractivity contribution in [2.75, 3.05) is 31.5 Å². The van der Waals surface area contributed by atoms with E-state index >= 15 is 0 Å². The fourth-order valence-corrected chi connectivity index (χ4v) is 7.64. The van der Waals surface area contributed by atoms with Crippen LogP contribution in [0.3, 0.4) is 0 Å². The molecule has 2 saturated heterocycles. The largest absolute Gasteiger partial charge is 0.379 e. The second kappa shape index (κ2) is 13.6. The molecule has 0 spiro atoms. The molecule has 6 nitrogen and oxygen atoms in total. The van der Waals surface area contributed by atoms with Gasteiger partial charge >= 0.3 is 0 Å². The SMILES string of the molecule is Cc1ccc(NC2CN(C(=O)C(C(C)C)C(C)C)C2)cc1C(=O)NC(C)c1cccc(-c2ccc(CN3CCCC3)s2)c1. The Morgan fingerprint density at radius 3 is 2.35 bits per heavy atom. The zero-order chi connectivity index (χ0) is 30.7. The Bertz CT molecular complexity index is 1410. The highest BCUT2D eigenvalue weighted by Gasteiger charge is 2.36. The number of hydrogen-bond donors (Lipinski definition) is 2. The number of anilines is 1. The van der Waals surface area contributed by atoms with Gasteiger partial charge in [-0.05, 0) is 98.6 Å². The second-order valence-electron chi connectivity index (χ2n) is 13.2. The van der Waals surface area contributed by atoms with E-state index < -0.39 is 0 Å². The molecule has 7 heteroatoms. The van der Waals surface area contributed by atoms with Gasteiger partial charge in [-0.25, -0.2) is 0 Å². The predicted molar refractivity (Wildman–Crippen MR) is 178 cm³/mol. The Morgan fingerprint density at radius 1 is 0.930 bits per heavy atom. The van der Waals surface area contributed by atoms with E-state index in [0.29, 0.717) is 30.5 Å². The Kier molecular flexibility index (Phi) is 9.92. The number of carbonyl (C=O) groups excluding carboxylic acids is 2. The molecule has 2 amide bonds. The Balaban J connectivity index is 1.18. The monoisotopic (exact) mass is 600 g/mol. The first-order valence-electron chi connectivity index (χ1n) is 16.0. The van der Waals surface area contributed by atoms with Gasteiger partial charge in [-0.1, -0.05) is 52.0 Å². The van der Waals surface area contributed by atoms with E-state index in [4.69, 9.17) is 0 Å². The molecule has 2 aliphatic heterocycles. The molecule has 5 rings (SSSR count). The number of carbonyl (C=O) groups is 2. The summed E-state index contributed by atoms with van der Waals surface area (Å²) in [5.41, 5.74) is 4.81.